The molecular formula is C19H18N6OS2. The molecule has 1 unspecified atom stereocenters. The lowest BCUT2D eigenvalue weighted by Crippen LogP contribution is -2.35. The van der Waals surface area contributed by atoms with E-state index in [0.29, 0.717) is 10.8 Å². The van der Waals surface area contributed by atoms with Crippen LogP contribution < -0.4 is 15.4 Å². The molecule has 0 radical (unpaired) electrons. The molecule has 1 atom stereocenters. The van der Waals surface area contributed by atoms with E-state index in [4.69, 9.17) is 10.00 Å². The minimum atomic E-state index is -0.199. The smallest absolute Gasteiger partial charge is 0.274 e. The van der Waals surface area contributed by atoms with Gasteiger partial charge in [-0.3, -0.25) is 4.99 Å². The quantitative estimate of drug-likeness (QED) is 0.659. The van der Waals surface area contributed by atoms with Crippen molar-refractivity contribution < 1.29 is 4.74 Å². The zero-order valence-electron chi connectivity index (χ0n) is 15.2. The first kappa shape index (κ1) is 18.4. The normalized spacial score (nSPS) is 14.5. The van der Waals surface area contributed by atoms with Gasteiger partial charge in [-0.05, 0) is 31.0 Å². The highest BCUT2D eigenvalue weighted by atomic mass is 32.1. The number of nitrogens with zero attached hydrogens (tertiary/aromatic N) is 4. The number of aliphatic imine (C=N–C) groups is 1. The number of nitrogens with one attached hydrogen (secondary N) is 2. The maximum absolute atomic E-state index is 9.04. The second kappa shape index (κ2) is 8.37. The largest absolute Gasteiger partial charge is 0.462 e. The Morgan fingerprint density at radius 1 is 1.25 bits per heavy atom. The average Bonchev–Trinajstić information content (AvgIpc) is 3.38. The highest BCUT2D eigenvalue weighted by Crippen LogP contribution is 2.31. The van der Waals surface area contributed by atoms with Crippen LogP contribution in [0.3, 0.4) is 0 Å². The number of thiazole rings is 2. The van der Waals surface area contributed by atoms with Gasteiger partial charge in [0.25, 0.3) is 5.19 Å². The summed E-state index contributed by atoms with van der Waals surface area (Å²) in [5, 5.41) is 20.7. The predicted octanol–water partition coefficient (Wildman–Crippen LogP) is 4.04. The summed E-state index contributed by atoms with van der Waals surface area (Å²) in [4.78, 5) is 13.5. The molecule has 3 aromatic rings. The Kier molecular flexibility index (Phi) is 5.50. The summed E-state index contributed by atoms with van der Waals surface area (Å²) >= 11 is 2.94. The summed E-state index contributed by atoms with van der Waals surface area (Å²) in [6.45, 7) is 3.70. The molecule has 4 rings (SSSR count). The summed E-state index contributed by atoms with van der Waals surface area (Å²) in [5.41, 5.74) is 3.14. The minimum absolute atomic E-state index is 0.199. The van der Waals surface area contributed by atoms with E-state index >= 15 is 0 Å². The molecule has 7 nitrogen and oxygen atoms in total. The number of aromatic nitrogens is 2. The molecule has 2 N–H and O–H groups in total. The van der Waals surface area contributed by atoms with Gasteiger partial charge in [-0.15, -0.1) is 11.3 Å². The summed E-state index contributed by atoms with van der Waals surface area (Å²) in [6, 6.07) is 9.56. The lowest BCUT2D eigenvalue weighted by atomic mass is 10.1. The number of hydrogen-bond donors (Lipinski definition) is 2. The van der Waals surface area contributed by atoms with E-state index in [0.717, 1.165) is 47.6 Å². The van der Waals surface area contributed by atoms with Crippen molar-refractivity contribution in [2.75, 3.05) is 18.4 Å². The van der Waals surface area contributed by atoms with Crippen molar-refractivity contribution in [2.24, 2.45) is 4.99 Å². The summed E-state index contributed by atoms with van der Waals surface area (Å²) in [7, 11) is 0. The van der Waals surface area contributed by atoms with Gasteiger partial charge in [0.15, 0.2) is 11.1 Å². The maximum Gasteiger partial charge on any atom is 0.274 e. The average molecular weight is 411 g/mol. The van der Waals surface area contributed by atoms with Crippen molar-refractivity contribution in [3.05, 3.63) is 46.2 Å². The first-order valence-electron chi connectivity index (χ1n) is 8.85. The highest BCUT2D eigenvalue weighted by molar-refractivity contribution is 7.14. The Morgan fingerprint density at radius 3 is 2.93 bits per heavy atom. The molecule has 9 heteroatoms. The highest BCUT2D eigenvalue weighted by Gasteiger charge is 2.14. The Bertz CT molecular complexity index is 1030. The fraction of sp³-hybridized carbons (Fsp3) is 0.263. The molecule has 0 saturated carbocycles. The standard InChI is InChI=1S/C19H18N6OS2/c1-12(14-5-2-4-13(8-14)9-20)26-19-24-16(11-28-19)15-10-27-18(23-15)25-17-21-6-3-7-22-17/h2,4-5,8,10-12H,3,6-7H2,1H3,(H2,21,22,23,25). The van der Waals surface area contributed by atoms with Crippen LogP contribution in [-0.2, 0) is 0 Å². The molecule has 1 aliphatic heterocycles. The van der Waals surface area contributed by atoms with E-state index in [9.17, 15) is 0 Å². The van der Waals surface area contributed by atoms with Crippen LogP contribution in [0.5, 0.6) is 5.19 Å². The number of nitriles is 1. The lowest BCUT2D eigenvalue weighted by molar-refractivity contribution is 0.226. The summed E-state index contributed by atoms with van der Waals surface area (Å²) in [5.74, 6) is 0.767. The van der Waals surface area contributed by atoms with Gasteiger partial charge in [-0.1, -0.05) is 23.5 Å². The van der Waals surface area contributed by atoms with Crippen LogP contribution in [0.4, 0.5) is 5.13 Å². The lowest BCUT2D eigenvalue weighted by Gasteiger charge is -2.14. The fourth-order valence-electron chi connectivity index (χ4n) is 2.68. The van der Waals surface area contributed by atoms with Gasteiger partial charge >= 0.3 is 0 Å². The van der Waals surface area contributed by atoms with E-state index in [2.05, 4.69) is 31.7 Å². The molecule has 0 bridgehead atoms. The number of ether oxygens (including phenoxy) is 1. The monoisotopic (exact) mass is 410 g/mol. The van der Waals surface area contributed by atoms with Gasteiger partial charge in [0.05, 0.1) is 11.6 Å². The van der Waals surface area contributed by atoms with Gasteiger partial charge in [0.2, 0.25) is 0 Å². The molecule has 28 heavy (non-hydrogen) atoms. The third-order valence-electron chi connectivity index (χ3n) is 4.14. The number of anilines is 1. The molecule has 0 saturated heterocycles. The Morgan fingerprint density at radius 2 is 2.11 bits per heavy atom. The SMILES string of the molecule is CC(Oc1nc(-c2csc(NC3=NCCCN3)n2)cs1)c1cccc(C#N)c1. The van der Waals surface area contributed by atoms with E-state index in [1.54, 1.807) is 6.07 Å². The van der Waals surface area contributed by atoms with Gasteiger partial charge in [0, 0.05) is 23.8 Å². The van der Waals surface area contributed by atoms with E-state index in [-0.39, 0.29) is 6.10 Å². The Labute approximate surface area is 170 Å². The second-order valence-electron chi connectivity index (χ2n) is 6.17. The van der Waals surface area contributed by atoms with Crippen LogP contribution in [0, 0.1) is 11.3 Å². The minimum Gasteiger partial charge on any atom is -0.462 e. The molecule has 0 aliphatic carbocycles. The van der Waals surface area contributed by atoms with E-state index < -0.39 is 0 Å². The van der Waals surface area contributed by atoms with Gasteiger partial charge in [0.1, 0.15) is 17.5 Å². The molecule has 0 fully saturated rings. The second-order valence-corrected chi connectivity index (χ2v) is 7.85. The molecular weight excluding hydrogens is 392 g/mol. The van der Waals surface area contributed by atoms with Crippen LogP contribution >= 0.6 is 22.7 Å². The zero-order chi connectivity index (χ0) is 19.3. The third-order valence-corrected chi connectivity index (χ3v) is 5.62. The number of hydrogen-bond acceptors (Lipinski definition) is 9. The molecule has 0 amide bonds. The van der Waals surface area contributed by atoms with Crippen molar-refractivity contribution >= 4 is 33.8 Å². The zero-order valence-corrected chi connectivity index (χ0v) is 16.8. The van der Waals surface area contributed by atoms with E-state index in [1.807, 2.05) is 35.9 Å². The van der Waals surface area contributed by atoms with Crippen molar-refractivity contribution in [1.82, 2.24) is 15.3 Å². The van der Waals surface area contributed by atoms with Crippen molar-refractivity contribution in [1.29, 1.82) is 5.26 Å². The first-order valence-corrected chi connectivity index (χ1v) is 10.6. The topological polar surface area (TPSA) is 95.2 Å². The van der Waals surface area contributed by atoms with Crippen LogP contribution in [0.15, 0.2) is 40.0 Å². The Hall–Kier alpha value is -2.96. The van der Waals surface area contributed by atoms with Gasteiger partial charge in [-0.25, -0.2) is 9.97 Å². The number of benzene rings is 1. The van der Waals surface area contributed by atoms with Gasteiger partial charge in [-0.2, -0.15) is 5.26 Å². The Balaban J connectivity index is 1.43. The van der Waals surface area contributed by atoms with Crippen LogP contribution in [0.25, 0.3) is 11.4 Å². The van der Waals surface area contributed by atoms with Crippen molar-refractivity contribution in [3.8, 4) is 22.7 Å². The molecule has 1 aliphatic rings. The van der Waals surface area contributed by atoms with Gasteiger partial charge < -0.3 is 15.4 Å². The van der Waals surface area contributed by atoms with Crippen LogP contribution in [0.1, 0.15) is 30.6 Å². The molecule has 0 spiro atoms. The molecule has 2 aromatic heterocycles. The number of guanidine groups is 1. The number of rotatable bonds is 5. The fourth-order valence-corrected chi connectivity index (χ4v) is 4.12. The molecule has 1 aromatic carbocycles. The summed E-state index contributed by atoms with van der Waals surface area (Å²) < 4.78 is 5.96. The summed E-state index contributed by atoms with van der Waals surface area (Å²) in [6.07, 6.45) is 0.852. The molecule has 3 heterocycles. The molecule has 142 valence electrons. The van der Waals surface area contributed by atoms with E-state index in [1.165, 1.54) is 22.7 Å². The third kappa shape index (κ3) is 4.30. The van der Waals surface area contributed by atoms with Crippen LogP contribution in [-0.4, -0.2) is 29.0 Å². The van der Waals surface area contributed by atoms with Crippen LogP contribution in [0.2, 0.25) is 0 Å². The van der Waals surface area contributed by atoms with Crippen molar-refractivity contribution in [3.63, 3.8) is 0 Å². The maximum atomic E-state index is 9.04. The first-order chi connectivity index (χ1) is 13.7. The van der Waals surface area contributed by atoms with Crippen molar-refractivity contribution in [2.45, 2.75) is 19.4 Å². The predicted molar refractivity (Wildman–Crippen MR) is 112 cm³/mol.